The topological polar surface area (TPSA) is 158 Å². The summed E-state index contributed by atoms with van der Waals surface area (Å²) >= 11 is 0. The van der Waals surface area contributed by atoms with Crippen LogP contribution in [-0.4, -0.2) is 51.6 Å². The van der Waals surface area contributed by atoms with Crippen LogP contribution in [0.4, 0.5) is 0 Å². The second-order valence-electron chi connectivity index (χ2n) is 7.16. The molecule has 0 saturated carbocycles. The normalized spacial score (nSPS) is 12.8. The number of hydrogen-bond acceptors (Lipinski definition) is 5. The van der Waals surface area contributed by atoms with Gasteiger partial charge in [0.05, 0.1) is 6.54 Å². The van der Waals surface area contributed by atoms with Gasteiger partial charge in [-0.15, -0.1) is 0 Å². The molecule has 0 saturated heterocycles. The molecule has 2 atom stereocenters. The van der Waals surface area contributed by atoms with Crippen LogP contribution in [0.25, 0.3) is 10.9 Å². The molecule has 31 heavy (non-hydrogen) atoms. The number of nitrogens with two attached hydrogens (primary N) is 1. The summed E-state index contributed by atoms with van der Waals surface area (Å²) in [6, 6.07) is 11.4. The molecule has 162 valence electrons. The summed E-state index contributed by atoms with van der Waals surface area (Å²) in [6.45, 7) is -0.298. The number of carboxylic acids is 1. The molecule has 9 heteroatoms. The standard InChI is InChI=1S/C22H24N4O5/c23-11-20(28)25-18(10-14-12-24-17-4-2-1-3-16(14)17)21(29)26-19(22(30)31)9-13-5-7-15(27)8-6-13/h1-8,12,18-19,24,27H,9-11,23H2,(H,25,28)(H,26,29)(H,30,31). The van der Waals surface area contributed by atoms with E-state index in [1.165, 1.54) is 12.1 Å². The minimum Gasteiger partial charge on any atom is -0.508 e. The Morgan fingerprint density at radius 2 is 1.68 bits per heavy atom. The Hall–Kier alpha value is -3.85. The number of aromatic amines is 1. The third kappa shape index (κ3) is 5.61. The summed E-state index contributed by atoms with van der Waals surface area (Å²) in [4.78, 5) is 39.7. The van der Waals surface area contributed by atoms with E-state index in [0.29, 0.717) is 5.56 Å². The quantitative estimate of drug-likeness (QED) is 0.296. The number of hydrogen-bond donors (Lipinski definition) is 6. The summed E-state index contributed by atoms with van der Waals surface area (Å²) in [5.41, 5.74) is 7.70. The Morgan fingerprint density at radius 3 is 2.35 bits per heavy atom. The number of carbonyl (C=O) groups is 3. The number of H-pyrrole nitrogens is 1. The van der Waals surface area contributed by atoms with Crippen LogP contribution in [0, 0.1) is 0 Å². The van der Waals surface area contributed by atoms with E-state index in [2.05, 4.69) is 15.6 Å². The maximum Gasteiger partial charge on any atom is 0.326 e. The fourth-order valence-corrected chi connectivity index (χ4v) is 3.32. The molecule has 0 aliphatic carbocycles. The van der Waals surface area contributed by atoms with Crippen molar-refractivity contribution in [2.45, 2.75) is 24.9 Å². The second kappa shape index (κ2) is 9.77. The van der Waals surface area contributed by atoms with Crippen LogP contribution in [-0.2, 0) is 27.2 Å². The predicted octanol–water partition coefficient (Wildman–Crippen LogP) is 0.672. The largest absolute Gasteiger partial charge is 0.508 e. The van der Waals surface area contributed by atoms with Gasteiger partial charge >= 0.3 is 5.97 Å². The van der Waals surface area contributed by atoms with Crippen molar-refractivity contribution in [1.82, 2.24) is 15.6 Å². The maximum absolute atomic E-state index is 12.9. The van der Waals surface area contributed by atoms with Crippen molar-refractivity contribution in [3.8, 4) is 5.75 Å². The zero-order valence-corrected chi connectivity index (χ0v) is 16.7. The number of phenolic OH excluding ortho intramolecular Hbond substituents is 1. The summed E-state index contributed by atoms with van der Waals surface area (Å²) in [6.07, 6.45) is 1.93. The third-order valence-electron chi connectivity index (χ3n) is 4.93. The van der Waals surface area contributed by atoms with Crippen molar-refractivity contribution < 1.29 is 24.6 Å². The smallest absolute Gasteiger partial charge is 0.326 e. The Labute approximate surface area is 178 Å². The number of fused-ring (bicyclic) bond motifs is 1. The third-order valence-corrected chi connectivity index (χ3v) is 4.93. The fourth-order valence-electron chi connectivity index (χ4n) is 3.32. The predicted molar refractivity (Wildman–Crippen MR) is 114 cm³/mol. The first-order valence-electron chi connectivity index (χ1n) is 9.73. The Morgan fingerprint density at radius 1 is 0.968 bits per heavy atom. The highest BCUT2D eigenvalue weighted by Gasteiger charge is 2.27. The zero-order valence-electron chi connectivity index (χ0n) is 16.7. The molecule has 0 spiro atoms. The molecule has 0 bridgehead atoms. The van der Waals surface area contributed by atoms with Gasteiger partial charge in [0.25, 0.3) is 0 Å². The van der Waals surface area contributed by atoms with Gasteiger partial charge in [0.2, 0.25) is 11.8 Å². The van der Waals surface area contributed by atoms with Crippen LogP contribution in [0.2, 0.25) is 0 Å². The average Bonchev–Trinajstić information content (AvgIpc) is 3.17. The van der Waals surface area contributed by atoms with Crippen molar-refractivity contribution in [3.63, 3.8) is 0 Å². The SMILES string of the molecule is NCC(=O)NC(Cc1c[nH]c2ccccc12)C(=O)NC(Cc1ccc(O)cc1)C(=O)O. The number of amides is 2. The van der Waals surface area contributed by atoms with Crippen LogP contribution in [0.1, 0.15) is 11.1 Å². The molecule has 0 radical (unpaired) electrons. The second-order valence-corrected chi connectivity index (χ2v) is 7.16. The first-order valence-corrected chi connectivity index (χ1v) is 9.73. The van der Waals surface area contributed by atoms with Crippen LogP contribution >= 0.6 is 0 Å². The van der Waals surface area contributed by atoms with E-state index in [1.54, 1.807) is 18.3 Å². The van der Waals surface area contributed by atoms with Crippen LogP contribution in [0.3, 0.4) is 0 Å². The van der Waals surface area contributed by atoms with Gasteiger partial charge in [-0.1, -0.05) is 30.3 Å². The van der Waals surface area contributed by atoms with Gasteiger partial charge in [-0.2, -0.15) is 0 Å². The van der Waals surface area contributed by atoms with Gasteiger partial charge < -0.3 is 31.6 Å². The maximum atomic E-state index is 12.9. The molecule has 2 amide bonds. The number of carbonyl (C=O) groups excluding carboxylic acids is 2. The van der Waals surface area contributed by atoms with Crippen molar-refractivity contribution >= 4 is 28.7 Å². The fraction of sp³-hybridized carbons (Fsp3) is 0.227. The summed E-state index contributed by atoms with van der Waals surface area (Å²) in [5.74, 6) is -2.30. The van der Waals surface area contributed by atoms with E-state index in [-0.39, 0.29) is 25.1 Å². The first-order chi connectivity index (χ1) is 14.9. The molecule has 3 aromatic rings. The van der Waals surface area contributed by atoms with Crippen molar-refractivity contribution in [2.24, 2.45) is 5.73 Å². The van der Waals surface area contributed by atoms with Gasteiger partial charge in [0.15, 0.2) is 0 Å². The summed E-state index contributed by atoms with van der Waals surface area (Å²) in [7, 11) is 0. The summed E-state index contributed by atoms with van der Waals surface area (Å²) < 4.78 is 0. The molecule has 7 N–H and O–H groups in total. The number of aromatic hydroxyl groups is 1. The molecule has 0 aliphatic heterocycles. The van der Waals surface area contributed by atoms with E-state index in [0.717, 1.165) is 16.5 Å². The highest BCUT2D eigenvalue weighted by atomic mass is 16.4. The number of benzene rings is 2. The van der Waals surface area contributed by atoms with E-state index >= 15 is 0 Å². The molecule has 9 nitrogen and oxygen atoms in total. The van der Waals surface area contributed by atoms with Gasteiger partial charge in [0.1, 0.15) is 17.8 Å². The number of rotatable bonds is 9. The highest BCUT2D eigenvalue weighted by Crippen LogP contribution is 2.19. The minimum atomic E-state index is -1.21. The Bertz CT molecular complexity index is 1080. The van der Waals surface area contributed by atoms with Gasteiger partial charge in [-0.25, -0.2) is 4.79 Å². The van der Waals surface area contributed by atoms with Crippen LogP contribution in [0.5, 0.6) is 5.75 Å². The lowest BCUT2D eigenvalue weighted by molar-refractivity contribution is -0.142. The van der Waals surface area contributed by atoms with E-state index in [4.69, 9.17) is 5.73 Å². The summed E-state index contributed by atoms with van der Waals surface area (Å²) in [5, 5.41) is 24.9. The monoisotopic (exact) mass is 424 g/mol. The number of para-hydroxylation sites is 1. The van der Waals surface area contributed by atoms with Crippen LogP contribution < -0.4 is 16.4 Å². The molecular formula is C22H24N4O5. The number of carboxylic acid groups (broad SMARTS) is 1. The molecular weight excluding hydrogens is 400 g/mol. The molecule has 2 unspecified atom stereocenters. The lowest BCUT2D eigenvalue weighted by Crippen LogP contribution is -2.53. The Kier molecular flexibility index (Phi) is 6.88. The minimum absolute atomic E-state index is 0.0198. The molecule has 0 fully saturated rings. The number of phenols is 1. The first kappa shape index (κ1) is 21.8. The van der Waals surface area contributed by atoms with Gasteiger partial charge in [0, 0.05) is 29.9 Å². The average molecular weight is 424 g/mol. The lowest BCUT2D eigenvalue weighted by atomic mass is 10.0. The number of aromatic nitrogens is 1. The van der Waals surface area contributed by atoms with Gasteiger partial charge in [-0.05, 0) is 29.3 Å². The van der Waals surface area contributed by atoms with Crippen molar-refractivity contribution in [3.05, 3.63) is 65.9 Å². The van der Waals surface area contributed by atoms with Gasteiger partial charge in [-0.3, -0.25) is 9.59 Å². The molecule has 3 rings (SSSR count). The van der Waals surface area contributed by atoms with E-state index in [9.17, 15) is 24.6 Å². The molecule has 1 heterocycles. The van der Waals surface area contributed by atoms with E-state index in [1.807, 2.05) is 24.3 Å². The zero-order chi connectivity index (χ0) is 22.4. The Balaban J connectivity index is 1.78. The number of aliphatic carboxylic acids is 1. The van der Waals surface area contributed by atoms with Crippen molar-refractivity contribution in [2.75, 3.05) is 6.54 Å². The molecule has 0 aliphatic rings. The molecule has 1 aromatic heterocycles. The number of nitrogens with one attached hydrogen (secondary N) is 3. The lowest BCUT2D eigenvalue weighted by Gasteiger charge is -2.21. The highest BCUT2D eigenvalue weighted by molar-refractivity contribution is 5.92. The van der Waals surface area contributed by atoms with Crippen LogP contribution in [0.15, 0.2) is 54.7 Å². The van der Waals surface area contributed by atoms with Crippen molar-refractivity contribution in [1.29, 1.82) is 0 Å². The molecule has 2 aromatic carbocycles. The van der Waals surface area contributed by atoms with E-state index < -0.39 is 29.9 Å².